The van der Waals surface area contributed by atoms with Crippen molar-refractivity contribution in [2.45, 2.75) is 65.1 Å². The van der Waals surface area contributed by atoms with Gasteiger partial charge in [-0.3, -0.25) is 4.79 Å². The number of fused-ring (bicyclic) bond motifs is 1. The Morgan fingerprint density at radius 2 is 1.79 bits per heavy atom. The molecule has 0 aromatic carbocycles. The Balaban J connectivity index is 1.26. The van der Waals surface area contributed by atoms with Crippen LogP contribution in [0.4, 0.5) is 16.6 Å². The van der Waals surface area contributed by atoms with Gasteiger partial charge >= 0.3 is 6.09 Å². The van der Waals surface area contributed by atoms with Gasteiger partial charge in [-0.1, -0.05) is 17.7 Å². The second kappa shape index (κ2) is 10.6. The van der Waals surface area contributed by atoms with E-state index >= 15 is 0 Å². The van der Waals surface area contributed by atoms with Crippen molar-refractivity contribution in [1.82, 2.24) is 29.2 Å². The molecule has 2 aliphatic heterocycles. The highest BCUT2D eigenvalue weighted by Gasteiger charge is 2.42. The minimum absolute atomic E-state index is 0.0620. The summed E-state index contributed by atoms with van der Waals surface area (Å²) in [5.74, 6) is 1.03. The van der Waals surface area contributed by atoms with Gasteiger partial charge in [0.1, 0.15) is 16.3 Å². The van der Waals surface area contributed by atoms with Gasteiger partial charge in [-0.05, 0) is 60.6 Å². The third kappa shape index (κ3) is 5.58. The number of pyridine rings is 1. The molecule has 0 atom stereocenters. The zero-order valence-electron chi connectivity index (χ0n) is 25.8. The van der Waals surface area contributed by atoms with Crippen LogP contribution in [0.1, 0.15) is 54.2 Å². The molecular weight excluding hydrogens is 556 g/mol. The van der Waals surface area contributed by atoms with Crippen molar-refractivity contribution in [2.24, 2.45) is 5.92 Å². The fourth-order valence-corrected chi connectivity index (χ4v) is 5.83. The molecule has 5 heterocycles. The van der Waals surface area contributed by atoms with Gasteiger partial charge in [0.05, 0.1) is 35.1 Å². The molecule has 3 aromatic rings. The van der Waals surface area contributed by atoms with E-state index in [1.807, 2.05) is 86.5 Å². The average molecular weight is 597 g/mol. The summed E-state index contributed by atoms with van der Waals surface area (Å²) < 4.78 is 7.61. The molecule has 0 bridgehead atoms. The Morgan fingerprint density at radius 3 is 2.45 bits per heavy atom. The zero-order chi connectivity index (χ0) is 30.6. The van der Waals surface area contributed by atoms with E-state index in [1.54, 1.807) is 11.1 Å². The lowest BCUT2D eigenvalue weighted by atomic mass is 9.93. The predicted octanol–water partition coefficient (Wildman–Crippen LogP) is 4.44. The van der Waals surface area contributed by atoms with Gasteiger partial charge in [-0.2, -0.15) is 4.98 Å². The summed E-state index contributed by atoms with van der Waals surface area (Å²) in [5.41, 5.74) is 0.245. The van der Waals surface area contributed by atoms with E-state index < -0.39 is 16.7 Å². The first-order valence-electron chi connectivity index (χ1n) is 14.3. The second-order valence-corrected chi connectivity index (χ2v) is 13.7. The van der Waals surface area contributed by atoms with Gasteiger partial charge in [0.15, 0.2) is 5.82 Å². The third-order valence-corrected chi connectivity index (χ3v) is 8.52. The lowest BCUT2D eigenvalue weighted by molar-refractivity contribution is -0.140. The van der Waals surface area contributed by atoms with Gasteiger partial charge in [0, 0.05) is 46.0 Å². The molecule has 2 fully saturated rings. The molecule has 3 aromatic heterocycles. The molecule has 0 aliphatic carbocycles. The maximum absolute atomic E-state index is 13.6. The highest BCUT2D eigenvalue weighted by molar-refractivity contribution is 6.32. The number of amides is 2. The Morgan fingerprint density at radius 1 is 1.07 bits per heavy atom. The molecule has 11 nitrogen and oxygen atoms in total. The molecule has 42 heavy (non-hydrogen) atoms. The van der Waals surface area contributed by atoms with Crippen LogP contribution in [0.3, 0.4) is 0 Å². The fraction of sp³-hybridized carbons (Fsp3) is 0.567. The number of anilines is 2. The molecule has 226 valence electrons. The molecule has 2 aliphatic rings. The summed E-state index contributed by atoms with van der Waals surface area (Å²) >= 11 is 6.57. The van der Waals surface area contributed by atoms with Crippen molar-refractivity contribution < 1.29 is 14.3 Å². The molecule has 0 spiro atoms. The predicted molar refractivity (Wildman–Crippen MR) is 163 cm³/mol. The van der Waals surface area contributed by atoms with Gasteiger partial charge < -0.3 is 28.7 Å². The van der Waals surface area contributed by atoms with Crippen molar-refractivity contribution in [3.05, 3.63) is 47.5 Å². The van der Waals surface area contributed by atoms with E-state index in [2.05, 4.69) is 28.7 Å². The molecule has 0 saturated carbocycles. The SMILES string of the molecule is CN(C(=O)C1CN(c2nc(N3CCN(C(=O)OC(C)(C)C)CC3(C)C)ncc2Cl)C1)C(C)(C)c1cnc2ccccn12. The fourth-order valence-electron chi connectivity index (χ4n) is 5.62. The summed E-state index contributed by atoms with van der Waals surface area (Å²) in [4.78, 5) is 47.8. The Labute approximate surface area is 252 Å². The van der Waals surface area contributed by atoms with Crippen LogP contribution in [0.2, 0.25) is 5.02 Å². The van der Waals surface area contributed by atoms with E-state index in [1.165, 1.54) is 0 Å². The van der Waals surface area contributed by atoms with Crippen LogP contribution in [0.5, 0.6) is 0 Å². The number of aromatic nitrogens is 4. The van der Waals surface area contributed by atoms with Crippen LogP contribution < -0.4 is 9.80 Å². The minimum Gasteiger partial charge on any atom is -0.444 e. The Hall–Kier alpha value is -3.60. The minimum atomic E-state index is -0.564. The van der Waals surface area contributed by atoms with Crippen LogP contribution in [0.15, 0.2) is 36.8 Å². The number of halogens is 1. The summed E-state index contributed by atoms with van der Waals surface area (Å²) in [6, 6.07) is 5.86. The van der Waals surface area contributed by atoms with Crippen molar-refractivity contribution in [3.8, 4) is 0 Å². The van der Waals surface area contributed by atoms with E-state index in [0.717, 1.165) is 11.3 Å². The summed E-state index contributed by atoms with van der Waals surface area (Å²) in [6.45, 7) is 16.3. The molecule has 0 unspecified atom stereocenters. The highest BCUT2D eigenvalue weighted by atomic mass is 35.5. The lowest BCUT2D eigenvalue weighted by Crippen LogP contribution is -2.61. The Kier molecular flexibility index (Phi) is 7.53. The van der Waals surface area contributed by atoms with Crippen LogP contribution in [0.25, 0.3) is 5.65 Å². The average Bonchev–Trinajstić information content (AvgIpc) is 3.32. The smallest absolute Gasteiger partial charge is 0.410 e. The first-order valence-corrected chi connectivity index (χ1v) is 14.7. The first-order chi connectivity index (χ1) is 19.6. The first kappa shape index (κ1) is 29.9. The molecule has 0 radical (unpaired) electrons. The number of nitrogens with zero attached hydrogens (tertiary/aromatic N) is 8. The van der Waals surface area contributed by atoms with Gasteiger partial charge in [0.25, 0.3) is 0 Å². The third-order valence-electron chi connectivity index (χ3n) is 8.25. The molecule has 12 heteroatoms. The van der Waals surface area contributed by atoms with Crippen LogP contribution in [-0.4, -0.2) is 92.1 Å². The van der Waals surface area contributed by atoms with E-state index in [9.17, 15) is 9.59 Å². The van der Waals surface area contributed by atoms with Crippen molar-refractivity contribution in [1.29, 1.82) is 0 Å². The Bertz CT molecular complexity index is 1490. The summed E-state index contributed by atoms with van der Waals surface area (Å²) in [5, 5.41) is 0.439. The number of carbonyl (C=O) groups is 2. The molecule has 2 amide bonds. The number of ether oxygens (including phenoxy) is 1. The van der Waals surface area contributed by atoms with Gasteiger partial charge in [-0.15, -0.1) is 0 Å². The van der Waals surface area contributed by atoms with Crippen LogP contribution in [0, 0.1) is 5.92 Å². The van der Waals surface area contributed by atoms with Gasteiger partial charge in [-0.25, -0.2) is 14.8 Å². The van der Waals surface area contributed by atoms with Crippen molar-refractivity contribution in [3.63, 3.8) is 0 Å². The molecule has 0 N–H and O–H groups in total. The molecule has 5 rings (SSSR count). The van der Waals surface area contributed by atoms with Crippen LogP contribution in [-0.2, 0) is 15.1 Å². The maximum atomic E-state index is 13.6. The summed E-state index contributed by atoms with van der Waals surface area (Å²) in [7, 11) is 1.85. The topological polar surface area (TPSA) is 99.4 Å². The molecule has 2 saturated heterocycles. The number of hydrogen-bond acceptors (Lipinski definition) is 8. The van der Waals surface area contributed by atoms with Crippen molar-refractivity contribution >= 4 is 41.0 Å². The normalized spacial score (nSPS) is 17.8. The maximum Gasteiger partial charge on any atom is 0.410 e. The highest BCUT2D eigenvalue weighted by Crippen LogP contribution is 2.35. The number of piperazine rings is 1. The lowest BCUT2D eigenvalue weighted by Gasteiger charge is -2.47. The second-order valence-electron chi connectivity index (χ2n) is 13.3. The number of rotatable bonds is 5. The largest absolute Gasteiger partial charge is 0.444 e. The van der Waals surface area contributed by atoms with Crippen LogP contribution >= 0.6 is 11.6 Å². The quantitative estimate of drug-likeness (QED) is 0.426. The number of carbonyl (C=O) groups excluding carboxylic acids is 2. The number of imidazole rings is 1. The monoisotopic (exact) mass is 596 g/mol. The summed E-state index contributed by atoms with van der Waals surface area (Å²) in [6.07, 6.45) is 5.10. The van der Waals surface area contributed by atoms with E-state index in [4.69, 9.17) is 21.3 Å². The van der Waals surface area contributed by atoms with E-state index in [0.29, 0.717) is 49.5 Å². The van der Waals surface area contributed by atoms with Gasteiger partial charge in [0.2, 0.25) is 11.9 Å². The van der Waals surface area contributed by atoms with Crippen molar-refractivity contribution in [2.75, 3.05) is 49.6 Å². The van der Waals surface area contributed by atoms with E-state index in [-0.39, 0.29) is 17.9 Å². The molecular formula is C30H41ClN8O3. The number of hydrogen-bond donors (Lipinski definition) is 0. The standard InChI is InChI=1S/C30H41ClN8O3/c1-28(2,3)42-27(41)36-13-14-39(29(4,5)19-36)26-33-15-21(31)24(34-26)37-17-20(18-37)25(40)35(8)30(6,7)22-16-32-23-11-9-10-12-38(22)23/h9-12,15-16,20H,13-14,17-19H2,1-8H3. The zero-order valence-corrected chi connectivity index (χ0v) is 26.5.